The zero-order valence-electron chi connectivity index (χ0n) is 14.0. The molecule has 5 nitrogen and oxygen atoms in total. The van der Waals surface area contributed by atoms with Crippen molar-refractivity contribution in [3.8, 4) is 5.75 Å². The monoisotopic (exact) mass is 318 g/mol. The van der Waals surface area contributed by atoms with Crippen molar-refractivity contribution in [1.29, 1.82) is 0 Å². The summed E-state index contributed by atoms with van der Waals surface area (Å²) in [6, 6.07) is 5.40. The molecule has 1 aromatic carbocycles. The minimum atomic E-state index is 0.0442. The van der Waals surface area contributed by atoms with E-state index in [9.17, 15) is 14.7 Å². The van der Waals surface area contributed by atoms with E-state index in [0.717, 1.165) is 36.9 Å². The van der Waals surface area contributed by atoms with Gasteiger partial charge in [0.1, 0.15) is 5.75 Å². The Balaban J connectivity index is 1.91. The third-order valence-electron chi connectivity index (χ3n) is 4.25. The molecule has 0 saturated carbocycles. The number of likely N-dealkylation sites (tertiary alicyclic amines) is 1. The van der Waals surface area contributed by atoms with Crippen LogP contribution < -0.4 is 5.32 Å². The number of phenols is 1. The Morgan fingerprint density at radius 2 is 2.17 bits per heavy atom. The van der Waals surface area contributed by atoms with E-state index in [-0.39, 0.29) is 30.0 Å². The molecule has 1 fully saturated rings. The first-order valence-corrected chi connectivity index (χ1v) is 8.35. The van der Waals surface area contributed by atoms with Crippen LogP contribution >= 0.6 is 0 Å². The number of nitrogens with one attached hydrogen (secondary N) is 1. The van der Waals surface area contributed by atoms with Gasteiger partial charge in [-0.2, -0.15) is 0 Å². The molecule has 1 aliphatic heterocycles. The van der Waals surface area contributed by atoms with E-state index in [1.807, 2.05) is 30.9 Å². The molecule has 0 aromatic heterocycles. The van der Waals surface area contributed by atoms with Crippen LogP contribution in [0.15, 0.2) is 18.2 Å². The number of nitrogens with zero attached hydrogens (tertiary/aromatic N) is 1. The fraction of sp³-hybridized carbons (Fsp3) is 0.556. The van der Waals surface area contributed by atoms with E-state index in [0.29, 0.717) is 13.0 Å². The molecule has 0 aliphatic carbocycles. The molecule has 0 radical (unpaired) electrons. The molecule has 126 valence electrons. The van der Waals surface area contributed by atoms with E-state index in [1.165, 1.54) is 0 Å². The van der Waals surface area contributed by atoms with Gasteiger partial charge in [0.05, 0.1) is 6.42 Å². The van der Waals surface area contributed by atoms with Crippen molar-refractivity contribution in [2.24, 2.45) is 0 Å². The van der Waals surface area contributed by atoms with Crippen molar-refractivity contribution in [3.63, 3.8) is 0 Å². The summed E-state index contributed by atoms with van der Waals surface area (Å²) >= 11 is 0. The quantitative estimate of drug-likeness (QED) is 0.874. The highest BCUT2D eigenvalue weighted by Crippen LogP contribution is 2.19. The van der Waals surface area contributed by atoms with Crippen LogP contribution in [0.25, 0.3) is 0 Å². The minimum absolute atomic E-state index is 0.0442. The van der Waals surface area contributed by atoms with Crippen LogP contribution in [0.3, 0.4) is 0 Å². The summed E-state index contributed by atoms with van der Waals surface area (Å²) < 4.78 is 0. The Morgan fingerprint density at radius 1 is 1.39 bits per heavy atom. The molecule has 0 spiro atoms. The standard InChI is InChI=1S/C18H26N2O3/c1-3-5-17(22)19-15-6-4-9-20(12-15)18(23)11-14-8-7-13(2)16(21)10-14/h7-8,10,15,21H,3-6,9,11-12H2,1-2H3,(H,19,22). The van der Waals surface area contributed by atoms with Crippen LogP contribution in [-0.4, -0.2) is 41.0 Å². The number of benzene rings is 1. The van der Waals surface area contributed by atoms with Crippen LogP contribution in [0.4, 0.5) is 0 Å². The maximum atomic E-state index is 12.5. The maximum Gasteiger partial charge on any atom is 0.227 e. The fourth-order valence-electron chi connectivity index (χ4n) is 2.90. The summed E-state index contributed by atoms with van der Waals surface area (Å²) in [5.41, 5.74) is 1.62. The van der Waals surface area contributed by atoms with Crippen molar-refractivity contribution in [2.75, 3.05) is 13.1 Å². The van der Waals surface area contributed by atoms with Gasteiger partial charge in [-0.05, 0) is 43.4 Å². The van der Waals surface area contributed by atoms with Crippen molar-refractivity contribution < 1.29 is 14.7 Å². The lowest BCUT2D eigenvalue weighted by Gasteiger charge is -2.33. The molecule has 1 unspecified atom stereocenters. The predicted molar refractivity (Wildman–Crippen MR) is 89.2 cm³/mol. The lowest BCUT2D eigenvalue weighted by atomic mass is 10.0. The van der Waals surface area contributed by atoms with Gasteiger partial charge in [0.15, 0.2) is 0 Å². The smallest absolute Gasteiger partial charge is 0.227 e. The molecule has 1 atom stereocenters. The highest BCUT2D eigenvalue weighted by molar-refractivity contribution is 5.79. The molecular weight excluding hydrogens is 292 g/mol. The van der Waals surface area contributed by atoms with Gasteiger partial charge in [0.25, 0.3) is 0 Å². The molecule has 5 heteroatoms. The first kappa shape index (κ1) is 17.3. The third-order valence-corrected chi connectivity index (χ3v) is 4.25. The molecule has 1 aliphatic rings. The van der Waals surface area contributed by atoms with Gasteiger partial charge in [0, 0.05) is 25.6 Å². The Hall–Kier alpha value is -2.04. The molecule has 1 aromatic rings. The zero-order valence-corrected chi connectivity index (χ0v) is 14.0. The number of hydrogen-bond donors (Lipinski definition) is 2. The van der Waals surface area contributed by atoms with Crippen molar-refractivity contribution in [2.45, 2.75) is 52.0 Å². The van der Waals surface area contributed by atoms with Crippen LogP contribution in [0, 0.1) is 6.92 Å². The normalized spacial score (nSPS) is 17.8. The summed E-state index contributed by atoms with van der Waals surface area (Å²) in [7, 11) is 0. The van der Waals surface area contributed by atoms with Gasteiger partial charge in [-0.25, -0.2) is 0 Å². The summed E-state index contributed by atoms with van der Waals surface area (Å²) in [4.78, 5) is 26.0. The Bertz CT molecular complexity index is 571. The topological polar surface area (TPSA) is 69.6 Å². The van der Waals surface area contributed by atoms with Gasteiger partial charge in [-0.1, -0.05) is 19.1 Å². The first-order valence-electron chi connectivity index (χ1n) is 8.35. The summed E-state index contributed by atoms with van der Waals surface area (Å²) in [5.74, 6) is 0.330. The third kappa shape index (κ3) is 4.98. The fourth-order valence-corrected chi connectivity index (χ4v) is 2.90. The minimum Gasteiger partial charge on any atom is -0.508 e. The van der Waals surface area contributed by atoms with Gasteiger partial charge in [-0.15, -0.1) is 0 Å². The maximum absolute atomic E-state index is 12.5. The highest BCUT2D eigenvalue weighted by atomic mass is 16.3. The summed E-state index contributed by atoms with van der Waals surface area (Å²) in [6.45, 7) is 5.12. The van der Waals surface area contributed by atoms with Crippen LogP contribution in [0.1, 0.15) is 43.7 Å². The van der Waals surface area contributed by atoms with Gasteiger partial charge >= 0.3 is 0 Å². The van der Waals surface area contributed by atoms with Crippen molar-refractivity contribution in [1.82, 2.24) is 10.2 Å². The number of carbonyl (C=O) groups is 2. The lowest BCUT2D eigenvalue weighted by Crippen LogP contribution is -2.49. The SMILES string of the molecule is CCCC(=O)NC1CCCN(C(=O)Cc2ccc(C)c(O)c2)C1. The van der Waals surface area contributed by atoms with E-state index in [4.69, 9.17) is 0 Å². The average Bonchev–Trinajstić information content (AvgIpc) is 2.51. The molecule has 1 saturated heterocycles. The molecule has 23 heavy (non-hydrogen) atoms. The van der Waals surface area contributed by atoms with Gasteiger partial charge in [-0.3, -0.25) is 9.59 Å². The molecule has 1 heterocycles. The number of hydrogen-bond acceptors (Lipinski definition) is 3. The Morgan fingerprint density at radius 3 is 2.87 bits per heavy atom. The van der Waals surface area contributed by atoms with E-state index >= 15 is 0 Å². The average molecular weight is 318 g/mol. The zero-order chi connectivity index (χ0) is 16.8. The second-order valence-corrected chi connectivity index (χ2v) is 6.29. The Kier molecular flexibility index (Phi) is 6.02. The highest BCUT2D eigenvalue weighted by Gasteiger charge is 2.24. The van der Waals surface area contributed by atoms with Crippen LogP contribution in [-0.2, 0) is 16.0 Å². The summed E-state index contributed by atoms with van der Waals surface area (Å²) in [5, 5.41) is 12.8. The van der Waals surface area contributed by atoms with Gasteiger partial charge < -0.3 is 15.3 Å². The molecular formula is C18H26N2O3. The van der Waals surface area contributed by atoms with Crippen LogP contribution in [0.5, 0.6) is 5.75 Å². The molecule has 2 rings (SSSR count). The summed E-state index contributed by atoms with van der Waals surface area (Å²) in [6.07, 6.45) is 3.47. The number of amides is 2. The van der Waals surface area contributed by atoms with E-state index in [1.54, 1.807) is 6.07 Å². The number of piperidine rings is 1. The predicted octanol–water partition coefficient (Wildman–Crippen LogP) is 2.15. The molecule has 2 amide bonds. The molecule has 2 N–H and O–H groups in total. The lowest BCUT2D eigenvalue weighted by molar-refractivity contribution is -0.133. The Labute approximate surface area is 137 Å². The largest absolute Gasteiger partial charge is 0.508 e. The van der Waals surface area contributed by atoms with Crippen molar-refractivity contribution >= 4 is 11.8 Å². The number of aryl methyl sites for hydroxylation is 1. The number of aromatic hydroxyl groups is 1. The number of rotatable bonds is 5. The van der Waals surface area contributed by atoms with Crippen LogP contribution in [0.2, 0.25) is 0 Å². The number of phenolic OH excluding ortho intramolecular Hbond substituents is 1. The second kappa shape index (κ2) is 7.99. The van der Waals surface area contributed by atoms with E-state index < -0.39 is 0 Å². The van der Waals surface area contributed by atoms with Crippen molar-refractivity contribution in [3.05, 3.63) is 29.3 Å². The molecule has 0 bridgehead atoms. The second-order valence-electron chi connectivity index (χ2n) is 6.29. The van der Waals surface area contributed by atoms with Gasteiger partial charge in [0.2, 0.25) is 11.8 Å². The van der Waals surface area contributed by atoms with E-state index in [2.05, 4.69) is 5.32 Å². The number of carbonyl (C=O) groups excluding carboxylic acids is 2. The first-order chi connectivity index (χ1) is 11.0.